The molecule has 1 aromatic rings. The fourth-order valence-electron chi connectivity index (χ4n) is 1.02. The highest BCUT2D eigenvalue weighted by Crippen LogP contribution is 2.24. The van der Waals surface area contributed by atoms with Crippen LogP contribution >= 0.6 is 0 Å². The third-order valence-corrected chi connectivity index (χ3v) is 1.96. The molecule has 0 heterocycles. The Morgan fingerprint density at radius 2 is 2.00 bits per heavy atom. The zero-order chi connectivity index (χ0) is 12.3. The Bertz CT molecular complexity index is 420. The molecule has 0 aromatic heterocycles. The fourth-order valence-corrected chi connectivity index (χ4v) is 1.02. The van der Waals surface area contributed by atoms with Crippen molar-refractivity contribution in [1.29, 1.82) is 5.26 Å². The van der Waals surface area contributed by atoms with E-state index in [0.717, 1.165) is 19.1 Å². The zero-order valence-corrected chi connectivity index (χ0v) is 8.27. The highest BCUT2D eigenvalue weighted by Gasteiger charge is 2.36. The van der Waals surface area contributed by atoms with Gasteiger partial charge >= 0.3 is 6.18 Å². The monoisotopic (exact) mass is 232 g/mol. The van der Waals surface area contributed by atoms with Crippen molar-refractivity contribution < 1.29 is 17.6 Å². The van der Waals surface area contributed by atoms with Crippen LogP contribution < -0.4 is 5.32 Å². The molecule has 0 aliphatic heterocycles. The molecule has 6 heteroatoms. The maximum absolute atomic E-state index is 13.2. The Morgan fingerprint density at radius 1 is 1.38 bits per heavy atom. The van der Waals surface area contributed by atoms with Crippen LogP contribution in [0.5, 0.6) is 0 Å². The number of hydrogen-bond donors (Lipinski definition) is 1. The molecule has 0 saturated carbocycles. The Balaban J connectivity index is 2.88. The lowest BCUT2D eigenvalue weighted by atomic mass is 10.2. The average Bonchev–Trinajstić information content (AvgIpc) is 2.19. The molecule has 0 saturated heterocycles. The second-order valence-electron chi connectivity index (χ2n) is 3.21. The van der Waals surface area contributed by atoms with Gasteiger partial charge in [0.15, 0.2) is 0 Å². The van der Waals surface area contributed by atoms with Crippen LogP contribution in [-0.2, 0) is 0 Å². The number of nitrogens with one attached hydrogen (secondary N) is 1. The van der Waals surface area contributed by atoms with E-state index in [0.29, 0.717) is 0 Å². The largest absolute Gasteiger partial charge is 0.408 e. The van der Waals surface area contributed by atoms with Crippen molar-refractivity contribution in [3.05, 3.63) is 29.6 Å². The first-order valence-electron chi connectivity index (χ1n) is 4.37. The summed E-state index contributed by atoms with van der Waals surface area (Å²) in [7, 11) is 0. The summed E-state index contributed by atoms with van der Waals surface area (Å²) < 4.78 is 49.7. The lowest BCUT2D eigenvalue weighted by Crippen LogP contribution is -2.33. The molecule has 0 radical (unpaired) electrons. The van der Waals surface area contributed by atoms with E-state index in [1.165, 1.54) is 6.07 Å². The molecule has 1 rings (SSSR count). The summed E-state index contributed by atoms with van der Waals surface area (Å²) in [6, 6.07) is 3.07. The number of nitriles is 1. The smallest absolute Gasteiger partial charge is 0.372 e. The number of benzene rings is 1. The van der Waals surface area contributed by atoms with E-state index >= 15 is 0 Å². The van der Waals surface area contributed by atoms with Crippen molar-refractivity contribution in [2.24, 2.45) is 0 Å². The minimum atomic E-state index is -4.44. The predicted octanol–water partition coefficient (Wildman–Crippen LogP) is 3.06. The lowest BCUT2D eigenvalue weighted by Gasteiger charge is -2.18. The molecule has 0 bridgehead atoms. The van der Waals surface area contributed by atoms with Crippen molar-refractivity contribution >= 4 is 5.69 Å². The van der Waals surface area contributed by atoms with E-state index in [2.05, 4.69) is 0 Å². The Hall–Kier alpha value is -1.77. The summed E-state index contributed by atoms with van der Waals surface area (Å²) in [4.78, 5) is 0. The Morgan fingerprint density at radius 3 is 2.44 bits per heavy atom. The van der Waals surface area contributed by atoms with Crippen LogP contribution in [0.3, 0.4) is 0 Å². The molecule has 2 nitrogen and oxygen atoms in total. The van der Waals surface area contributed by atoms with Crippen LogP contribution in [0, 0.1) is 17.1 Å². The van der Waals surface area contributed by atoms with E-state index in [4.69, 9.17) is 5.26 Å². The summed E-state index contributed by atoms with van der Waals surface area (Å²) >= 11 is 0. The van der Waals surface area contributed by atoms with Crippen molar-refractivity contribution in [2.45, 2.75) is 19.1 Å². The van der Waals surface area contributed by atoms with Gasteiger partial charge < -0.3 is 5.32 Å². The zero-order valence-electron chi connectivity index (χ0n) is 8.27. The Labute approximate surface area is 89.5 Å². The Kier molecular flexibility index (Phi) is 3.38. The van der Waals surface area contributed by atoms with Gasteiger partial charge in [0.2, 0.25) is 0 Å². The van der Waals surface area contributed by atoms with Crippen LogP contribution in [0.15, 0.2) is 18.2 Å². The molecule has 1 unspecified atom stereocenters. The third-order valence-electron chi connectivity index (χ3n) is 1.96. The van der Waals surface area contributed by atoms with Crippen LogP contribution in [0.2, 0.25) is 0 Å². The summed E-state index contributed by atoms with van der Waals surface area (Å²) in [6.07, 6.45) is -4.44. The SMILES string of the molecule is CC(Nc1ccc(C#N)cc1F)C(F)(F)F. The van der Waals surface area contributed by atoms with Crippen LogP contribution in [0.1, 0.15) is 12.5 Å². The van der Waals surface area contributed by atoms with Gasteiger partial charge in [0.25, 0.3) is 0 Å². The second kappa shape index (κ2) is 4.39. The molecular weight excluding hydrogens is 224 g/mol. The molecule has 1 atom stereocenters. The van der Waals surface area contributed by atoms with Gasteiger partial charge in [-0.05, 0) is 25.1 Å². The first-order valence-corrected chi connectivity index (χ1v) is 4.37. The molecule has 0 aliphatic rings. The number of hydrogen-bond acceptors (Lipinski definition) is 2. The molecule has 0 spiro atoms. The summed E-state index contributed by atoms with van der Waals surface area (Å²) in [5, 5.41) is 10.4. The summed E-state index contributed by atoms with van der Waals surface area (Å²) in [5.41, 5.74) is -0.216. The summed E-state index contributed by atoms with van der Waals surface area (Å²) in [5.74, 6) is -0.879. The van der Waals surface area contributed by atoms with Crippen molar-refractivity contribution in [2.75, 3.05) is 5.32 Å². The quantitative estimate of drug-likeness (QED) is 0.795. The summed E-state index contributed by atoms with van der Waals surface area (Å²) in [6.45, 7) is 0.887. The van der Waals surface area contributed by atoms with Crippen molar-refractivity contribution in [3.63, 3.8) is 0 Å². The first-order chi connectivity index (χ1) is 7.34. The van der Waals surface area contributed by atoms with E-state index in [-0.39, 0.29) is 11.3 Å². The van der Waals surface area contributed by atoms with Gasteiger partial charge in [-0.3, -0.25) is 0 Å². The highest BCUT2D eigenvalue weighted by atomic mass is 19.4. The standard InChI is InChI=1S/C10H8F4N2/c1-6(10(12,13)14)16-9-3-2-7(5-15)4-8(9)11/h2-4,6,16H,1H3. The van der Waals surface area contributed by atoms with Crippen molar-refractivity contribution in [3.8, 4) is 6.07 Å². The predicted molar refractivity (Wildman–Crippen MR) is 50.3 cm³/mol. The van der Waals surface area contributed by atoms with Crippen LogP contribution in [-0.4, -0.2) is 12.2 Å². The minimum Gasteiger partial charge on any atom is -0.372 e. The number of halogens is 4. The number of alkyl halides is 3. The van der Waals surface area contributed by atoms with Gasteiger partial charge in [-0.1, -0.05) is 0 Å². The molecule has 1 N–H and O–H groups in total. The number of nitrogens with zero attached hydrogens (tertiary/aromatic N) is 1. The maximum atomic E-state index is 13.2. The molecular formula is C10H8F4N2. The molecule has 1 aromatic carbocycles. The van der Waals surface area contributed by atoms with Gasteiger partial charge in [0.05, 0.1) is 17.3 Å². The molecule has 16 heavy (non-hydrogen) atoms. The first kappa shape index (κ1) is 12.3. The fraction of sp³-hybridized carbons (Fsp3) is 0.300. The minimum absolute atomic E-state index is 0.0581. The van der Waals surface area contributed by atoms with Crippen LogP contribution in [0.4, 0.5) is 23.2 Å². The molecule has 0 fully saturated rings. The van der Waals surface area contributed by atoms with Gasteiger partial charge in [-0.25, -0.2) is 4.39 Å². The van der Waals surface area contributed by atoms with Gasteiger partial charge in [-0.15, -0.1) is 0 Å². The molecule has 0 amide bonds. The molecule has 86 valence electrons. The topological polar surface area (TPSA) is 35.8 Å². The second-order valence-corrected chi connectivity index (χ2v) is 3.21. The van der Waals surface area contributed by atoms with Gasteiger partial charge in [0.1, 0.15) is 11.9 Å². The third kappa shape index (κ3) is 2.86. The van der Waals surface area contributed by atoms with E-state index in [1.807, 2.05) is 5.32 Å². The number of anilines is 1. The van der Waals surface area contributed by atoms with E-state index < -0.39 is 18.0 Å². The average molecular weight is 232 g/mol. The van der Waals surface area contributed by atoms with E-state index in [1.54, 1.807) is 6.07 Å². The maximum Gasteiger partial charge on any atom is 0.408 e. The van der Waals surface area contributed by atoms with Crippen molar-refractivity contribution in [1.82, 2.24) is 0 Å². The highest BCUT2D eigenvalue weighted by molar-refractivity contribution is 5.49. The number of rotatable bonds is 2. The van der Waals surface area contributed by atoms with E-state index in [9.17, 15) is 17.6 Å². The van der Waals surface area contributed by atoms with Gasteiger partial charge in [-0.2, -0.15) is 18.4 Å². The molecule has 0 aliphatic carbocycles. The van der Waals surface area contributed by atoms with Crippen LogP contribution in [0.25, 0.3) is 0 Å². The normalized spacial score (nSPS) is 13.0. The van der Waals surface area contributed by atoms with Gasteiger partial charge in [0, 0.05) is 0 Å². The lowest BCUT2D eigenvalue weighted by molar-refractivity contribution is -0.138.